The van der Waals surface area contributed by atoms with Crippen molar-refractivity contribution < 1.29 is 14.7 Å². The normalized spacial score (nSPS) is 12.4. The van der Waals surface area contributed by atoms with Crippen LogP contribution in [0.15, 0.2) is 0 Å². The molecule has 15 heavy (non-hydrogen) atoms. The molecule has 0 spiro atoms. The SMILES string of the molecule is CCC(C)(C)C(=O)O.CCC(C)C(C)=O. The van der Waals surface area contributed by atoms with E-state index < -0.39 is 11.4 Å². The van der Waals surface area contributed by atoms with Crippen molar-refractivity contribution >= 4 is 11.8 Å². The first-order chi connectivity index (χ1) is 6.68. The van der Waals surface area contributed by atoms with Crippen LogP contribution < -0.4 is 0 Å². The maximum Gasteiger partial charge on any atom is 0.309 e. The van der Waals surface area contributed by atoms with Crippen molar-refractivity contribution in [2.24, 2.45) is 11.3 Å². The van der Waals surface area contributed by atoms with Crippen LogP contribution in [-0.4, -0.2) is 16.9 Å². The highest BCUT2D eigenvalue weighted by atomic mass is 16.4. The van der Waals surface area contributed by atoms with E-state index in [2.05, 4.69) is 0 Å². The molecule has 1 atom stereocenters. The number of Topliss-reactive ketones (excluding diaryl/α,β-unsaturated/α-hetero) is 1. The van der Waals surface area contributed by atoms with E-state index >= 15 is 0 Å². The van der Waals surface area contributed by atoms with Crippen LogP contribution in [0.25, 0.3) is 0 Å². The Balaban J connectivity index is 0. The van der Waals surface area contributed by atoms with Crippen molar-refractivity contribution in [2.75, 3.05) is 0 Å². The number of carbonyl (C=O) groups excluding carboxylic acids is 1. The van der Waals surface area contributed by atoms with Crippen LogP contribution in [0.4, 0.5) is 0 Å². The van der Waals surface area contributed by atoms with E-state index in [4.69, 9.17) is 5.11 Å². The number of rotatable bonds is 4. The summed E-state index contributed by atoms with van der Waals surface area (Å²) in [7, 11) is 0. The first-order valence-electron chi connectivity index (χ1n) is 5.42. The van der Waals surface area contributed by atoms with E-state index in [0.29, 0.717) is 12.2 Å². The van der Waals surface area contributed by atoms with E-state index in [-0.39, 0.29) is 5.92 Å². The van der Waals surface area contributed by atoms with Gasteiger partial charge in [0.25, 0.3) is 0 Å². The molecule has 1 unspecified atom stereocenters. The summed E-state index contributed by atoms with van der Waals surface area (Å²) in [6, 6.07) is 0. The number of aliphatic carboxylic acids is 1. The fourth-order valence-electron chi connectivity index (χ4n) is 0.439. The molecular formula is C12H24O3. The third-order valence-electron chi connectivity index (χ3n) is 2.77. The molecule has 1 N–H and O–H groups in total. The van der Waals surface area contributed by atoms with Gasteiger partial charge in [-0.1, -0.05) is 20.8 Å². The monoisotopic (exact) mass is 216 g/mol. The lowest BCUT2D eigenvalue weighted by atomic mass is 9.91. The summed E-state index contributed by atoms with van der Waals surface area (Å²) in [4.78, 5) is 20.6. The molecule has 0 aromatic carbocycles. The summed E-state index contributed by atoms with van der Waals surface area (Å²) in [5.74, 6) is -0.164. The van der Waals surface area contributed by atoms with Gasteiger partial charge in [-0.2, -0.15) is 0 Å². The molecule has 0 saturated carbocycles. The second-order valence-electron chi connectivity index (χ2n) is 4.46. The molecule has 90 valence electrons. The summed E-state index contributed by atoms with van der Waals surface area (Å²) in [5, 5.41) is 8.44. The zero-order valence-corrected chi connectivity index (χ0v) is 10.8. The van der Waals surface area contributed by atoms with Gasteiger partial charge in [-0.25, -0.2) is 0 Å². The molecular weight excluding hydrogens is 192 g/mol. The number of carbonyl (C=O) groups is 2. The minimum Gasteiger partial charge on any atom is -0.481 e. The highest BCUT2D eigenvalue weighted by Crippen LogP contribution is 2.18. The molecule has 0 amide bonds. The van der Waals surface area contributed by atoms with Gasteiger partial charge in [0, 0.05) is 5.92 Å². The summed E-state index contributed by atoms with van der Waals surface area (Å²) in [6.07, 6.45) is 1.65. The Labute approximate surface area is 92.9 Å². The zero-order valence-electron chi connectivity index (χ0n) is 10.8. The predicted molar refractivity (Wildman–Crippen MR) is 61.8 cm³/mol. The van der Waals surface area contributed by atoms with E-state index in [0.717, 1.165) is 6.42 Å². The molecule has 0 bridgehead atoms. The van der Waals surface area contributed by atoms with E-state index in [1.165, 1.54) is 0 Å². The second kappa shape index (κ2) is 7.43. The standard InChI is InChI=1S/C6H12O2.C6H12O/c1-4-6(2,3)5(7)8;1-4-5(2)6(3)7/h4H2,1-3H3,(H,7,8);5H,4H2,1-3H3. The fraction of sp³-hybridized carbons (Fsp3) is 0.833. The Bertz CT molecular complexity index is 207. The molecule has 0 saturated heterocycles. The smallest absolute Gasteiger partial charge is 0.309 e. The first kappa shape index (κ1) is 16.6. The molecule has 0 aliphatic rings. The summed E-state index contributed by atoms with van der Waals surface area (Å²) in [6.45, 7) is 10.9. The first-order valence-corrected chi connectivity index (χ1v) is 5.42. The molecule has 0 rings (SSSR count). The highest BCUT2D eigenvalue weighted by Gasteiger charge is 2.23. The van der Waals surface area contributed by atoms with Gasteiger partial charge < -0.3 is 5.11 Å². The van der Waals surface area contributed by atoms with Gasteiger partial charge in [-0.05, 0) is 33.6 Å². The summed E-state index contributed by atoms with van der Waals surface area (Å²) in [5.41, 5.74) is -0.542. The Morgan fingerprint density at radius 3 is 1.67 bits per heavy atom. The Kier molecular flexibility index (Phi) is 8.21. The van der Waals surface area contributed by atoms with Gasteiger partial charge >= 0.3 is 5.97 Å². The van der Waals surface area contributed by atoms with Crippen molar-refractivity contribution in [1.82, 2.24) is 0 Å². The Hall–Kier alpha value is -0.860. The van der Waals surface area contributed by atoms with Crippen LogP contribution in [0, 0.1) is 11.3 Å². The van der Waals surface area contributed by atoms with Crippen molar-refractivity contribution in [3.63, 3.8) is 0 Å². The van der Waals surface area contributed by atoms with Crippen LogP contribution in [0.5, 0.6) is 0 Å². The fourth-order valence-corrected chi connectivity index (χ4v) is 0.439. The molecule has 3 heteroatoms. The second-order valence-corrected chi connectivity index (χ2v) is 4.46. The van der Waals surface area contributed by atoms with Crippen LogP contribution >= 0.6 is 0 Å². The maximum atomic E-state index is 10.4. The van der Waals surface area contributed by atoms with E-state index in [1.807, 2.05) is 20.8 Å². The molecule has 3 nitrogen and oxygen atoms in total. The summed E-state index contributed by atoms with van der Waals surface area (Å²) >= 11 is 0. The van der Waals surface area contributed by atoms with Crippen LogP contribution in [0.3, 0.4) is 0 Å². The summed E-state index contributed by atoms with van der Waals surface area (Å²) < 4.78 is 0. The number of carboxylic acid groups (broad SMARTS) is 1. The van der Waals surface area contributed by atoms with Crippen LogP contribution in [0.1, 0.15) is 54.4 Å². The van der Waals surface area contributed by atoms with Gasteiger partial charge in [0.15, 0.2) is 0 Å². The Morgan fingerprint density at radius 1 is 1.27 bits per heavy atom. The number of ketones is 1. The third kappa shape index (κ3) is 8.16. The average molecular weight is 216 g/mol. The minimum atomic E-state index is -0.722. The van der Waals surface area contributed by atoms with Crippen molar-refractivity contribution in [3.05, 3.63) is 0 Å². The molecule has 0 radical (unpaired) electrons. The lowest BCUT2D eigenvalue weighted by Crippen LogP contribution is -2.21. The van der Waals surface area contributed by atoms with Gasteiger partial charge in [-0.15, -0.1) is 0 Å². The van der Waals surface area contributed by atoms with Crippen molar-refractivity contribution in [1.29, 1.82) is 0 Å². The number of carboxylic acids is 1. The quantitative estimate of drug-likeness (QED) is 0.785. The molecule has 0 aliphatic carbocycles. The molecule has 0 fully saturated rings. The Morgan fingerprint density at radius 2 is 1.67 bits per heavy atom. The number of hydrogen-bond donors (Lipinski definition) is 1. The average Bonchev–Trinajstić information content (AvgIpc) is 2.17. The van der Waals surface area contributed by atoms with Crippen molar-refractivity contribution in [3.8, 4) is 0 Å². The molecule has 0 aliphatic heterocycles. The number of hydrogen-bond acceptors (Lipinski definition) is 2. The van der Waals surface area contributed by atoms with E-state index in [1.54, 1.807) is 20.8 Å². The third-order valence-corrected chi connectivity index (χ3v) is 2.77. The van der Waals surface area contributed by atoms with E-state index in [9.17, 15) is 9.59 Å². The van der Waals surface area contributed by atoms with Crippen LogP contribution in [0.2, 0.25) is 0 Å². The maximum absolute atomic E-state index is 10.4. The predicted octanol–water partition coefficient (Wildman–Crippen LogP) is 3.13. The lowest BCUT2D eigenvalue weighted by Gasteiger charge is -2.14. The minimum absolute atomic E-state index is 0.264. The molecule has 0 aromatic heterocycles. The molecule has 0 heterocycles. The van der Waals surface area contributed by atoms with Gasteiger partial charge in [0.1, 0.15) is 5.78 Å². The van der Waals surface area contributed by atoms with Crippen molar-refractivity contribution in [2.45, 2.75) is 54.4 Å². The highest BCUT2D eigenvalue weighted by molar-refractivity contribution is 5.77. The molecule has 0 aromatic rings. The largest absolute Gasteiger partial charge is 0.481 e. The lowest BCUT2D eigenvalue weighted by molar-refractivity contribution is -0.147. The van der Waals surface area contributed by atoms with Crippen LogP contribution in [-0.2, 0) is 9.59 Å². The zero-order chi connectivity index (χ0) is 12.6. The van der Waals surface area contributed by atoms with Gasteiger partial charge in [-0.3, -0.25) is 9.59 Å². The topological polar surface area (TPSA) is 54.4 Å². The van der Waals surface area contributed by atoms with Gasteiger partial charge in [0.2, 0.25) is 0 Å². The van der Waals surface area contributed by atoms with Gasteiger partial charge in [0.05, 0.1) is 5.41 Å².